The van der Waals surface area contributed by atoms with E-state index in [-0.39, 0.29) is 5.91 Å². The third kappa shape index (κ3) is 4.06. The summed E-state index contributed by atoms with van der Waals surface area (Å²) in [7, 11) is 0. The lowest BCUT2D eigenvalue weighted by Gasteiger charge is -2.23. The summed E-state index contributed by atoms with van der Waals surface area (Å²) in [5.41, 5.74) is 4.58. The molecule has 0 saturated heterocycles. The second-order valence-electron chi connectivity index (χ2n) is 6.34. The molecule has 0 aromatic heterocycles. The topological polar surface area (TPSA) is 32.7 Å². The van der Waals surface area contributed by atoms with Crippen molar-refractivity contribution < 1.29 is 4.79 Å². The molecule has 26 heavy (non-hydrogen) atoms. The van der Waals surface area contributed by atoms with Gasteiger partial charge >= 0.3 is 0 Å². The van der Waals surface area contributed by atoms with Gasteiger partial charge in [0.15, 0.2) is 0 Å². The fourth-order valence-corrected chi connectivity index (χ4v) is 2.71. The highest BCUT2D eigenvalue weighted by Gasteiger charge is 2.20. The Morgan fingerprint density at radius 2 is 1.31 bits per heavy atom. The molecule has 0 aliphatic heterocycles. The summed E-state index contributed by atoms with van der Waals surface area (Å²) in [5, 5.41) is 0. The number of rotatable bonds is 3. The van der Waals surface area contributed by atoms with Gasteiger partial charge in [-0.15, -0.1) is 0 Å². The first-order valence-corrected chi connectivity index (χ1v) is 8.63. The molecular formula is C23H22N2O. The zero-order valence-corrected chi connectivity index (χ0v) is 15.3. The molecule has 0 aliphatic rings. The molecule has 1 amide bonds. The van der Waals surface area contributed by atoms with Gasteiger partial charge in [-0.3, -0.25) is 9.69 Å². The maximum absolute atomic E-state index is 13.2. The number of aryl methyl sites for hydroxylation is 2. The van der Waals surface area contributed by atoms with Crippen molar-refractivity contribution in [3.8, 4) is 0 Å². The molecule has 0 radical (unpaired) electrons. The number of hydrogen-bond donors (Lipinski definition) is 0. The van der Waals surface area contributed by atoms with E-state index < -0.39 is 0 Å². The lowest BCUT2D eigenvalue weighted by molar-refractivity contribution is 0.100. The van der Waals surface area contributed by atoms with Crippen LogP contribution >= 0.6 is 0 Å². The Morgan fingerprint density at radius 3 is 1.88 bits per heavy atom. The number of carbonyl (C=O) groups excluding carboxylic acids is 1. The molecule has 0 heterocycles. The standard InChI is InChI=1S/C23H22N2O/c1-17-9-13-21(14-10-17)24-19(3)25(22-15-11-18(2)12-16-22)23(26)20-7-5-4-6-8-20/h4-16H,1-3H3. The molecule has 3 heteroatoms. The molecule has 0 fully saturated rings. The van der Waals surface area contributed by atoms with Crippen molar-refractivity contribution in [1.29, 1.82) is 0 Å². The Bertz CT molecular complexity index is 911. The molecule has 0 aliphatic carbocycles. The minimum absolute atomic E-state index is 0.0946. The predicted molar refractivity (Wildman–Crippen MR) is 108 cm³/mol. The zero-order valence-electron chi connectivity index (χ0n) is 15.3. The first-order valence-electron chi connectivity index (χ1n) is 8.63. The summed E-state index contributed by atoms with van der Waals surface area (Å²) < 4.78 is 0. The van der Waals surface area contributed by atoms with Crippen LogP contribution in [0.2, 0.25) is 0 Å². The van der Waals surface area contributed by atoms with Gasteiger partial charge in [0.2, 0.25) is 0 Å². The van der Waals surface area contributed by atoms with Crippen molar-refractivity contribution in [2.75, 3.05) is 4.90 Å². The predicted octanol–water partition coefficient (Wildman–Crippen LogP) is 5.70. The smallest absolute Gasteiger partial charge is 0.263 e. The van der Waals surface area contributed by atoms with Gasteiger partial charge in [-0.1, -0.05) is 53.6 Å². The second-order valence-corrected chi connectivity index (χ2v) is 6.34. The summed E-state index contributed by atoms with van der Waals surface area (Å²) in [6.45, 7) is 5.93. The van der Waals surface area contributed by atoms with Crippen LogP contribution < -0.4 is 4.90 Å². The Hall–Kier alpha value is -3.20. The zero-order chi connectivity index (χ0) is 18.5. The van der Waals surface area contributed by atoms with Crippen molar-refractivity contribution in [3.63, 3.8) is 0 Å². The molecule has 3 nitrogen and oxygen atoms in total. The first kappa shape index (κ1) is 17.6. The van der Waals surface area contributed by atoms with Crippen LogP contribution in [-0.2, 0) is 0 Å². The summed E-state index contributed by atoms with van der Waals surface area (Å²) in [4.78, 5) is 19.5. The number of nitrogens with zero attached hydrogens (tertiary/aromatic N) is 2. The van der Waals surface area contributed by atoms with Gasteiger partial charge in [0.05, 0.1) is 11.4 Å². The van der Waals surface area contributed by atoms with Gasteiger partial charge in [-0.05, 0) is 57.2 Å². The minimum Gasteiger partial charge on any atom is -0.268 e. The monoisotopic (exact) mass is 342 g/mol. The van der Waals surface area contributed by atoms with E-state index in [0.29, 0.717) is 11.4 Å². The van der Waals surface area contributed by atoms with E-state index in [1.165, 1.54) is 5.56 Å². The van der Waals surface area contributed by atoms with E-state index >= 15 is 0 Å². The average molecular weight is 342 g/mol. The van der Waals surface area contributed by atoms with Crippen molar-refractivity contribution in [2.45, 2.75) is 20.8 Å². The fourth-order valence-electron chi connectivity index (χ4n) is 2.71. The molecule has 130 valence electrons. The molecule has 0 atom stereocenters. The molecule has 0 bridgehead atoms. The number of aliphatic imine (C=N–C) groups is 1. The molecule has 0 spiro atoms. The van der Waals surface area contributed by atoms with Crippen LogP contribution in [0.4, 0.5) is 11.4 Å². The molecule has 3 rings (SSSR count). The lowest BCUT2D eigenvalue weighted by Crippen LogP contribution is -2.35. The van der Waals surface area contributed by atoms with Crippen LogP contribution in [0.5, 0.6) is 0 Å². The largest absolute Gasteiger partial charge is 0.268 e. The van der Waals surface area contributed by atoms with E-state index in [1.54, 1.807) is 4.90 Å². The van der Waals surface area contributed by atoms with Crippen LogP contribution in [0.3, 0.4) is 0 Å². The fraction of sp³-hybridized carbons (Fsp3) is 0.130. The second kappa shape index (κ2) is 7.79. The molecular weight excluding hydrogens is 320 g/mol. The summed E-state index contributed by atoms with van der Waals surface area (Å²) in [6.07, 6.45) is 0. The summed E-state index contributed by atoms with van der Waals surface area (Å²) in [6, 6.07) is 25.1. The minimum atomic E-state index is -0.0946. The Labute approximate surface area is 154 Å². The molecule has 0 saturated carbocycles. The third-order valence-corrected chi connectivity index (χ3v) is 4.16. The highest BCUT2D eigenvalue weighted by atomic mass is 16.2. The number of amidine groups is 1. The van der Waals surface area contributed by atoms with Gasteiger partial charge in [-0.2, -0.15) is 0 Å². The number of benzene rings is 3. The Balaban J connectivity index is 2.03. The van der Waals surface area contributed by atoms with Crippen molar-refractivity contribution in [2.24, 2.45) is 4.99 Å². The van der Waals surface area contributed by atoms with Gasteiger partial charge in [0.1, 0.15) is 5.84 Å². The van der Waals surface area contributed by atoms with Crippen molar-refractivity contribution >= 4 is 23.1 Å². The normalized spacial score (nSPS) is 11.3. The quantitative estimate of drug-likeness (QED) is 0.444. The van der Waals surface area contributed by atoms with Crippen LogP contribution in [0.1, 0.15) is 28.4 Å². The maximum atomic E-state index is 13.2. The highest BCUT2D eigenvalue weighted by Crippen LogP contribution is 2.21. The van der Waals surface area contributed by atoms with Crippen LogP contribution in [0.25, 0.3) is 0 Å². The van der Waals surface area contributed by atoms with E-state index in [1.807, 2.05) is 99.6 Å². The molecule has 3 aromatic rings. The molecule has 0 N–H and O–H groups in total. The SMILES string of the molecule is CC(=Nc1ccc(C)cc1)N(C(=O)c1ccccc1)c1ccc(C)cc1. The highest BCUT2D eigenvalue weighted by molar-refractivity contribution is 6.22. The Kier molecular flexibility index (Phi) is 5.28. The molecule has 0 unspecified atom stereocenters. The van der Waals surface area contributed by atoms with E-state index in [0.717, 1.165) is 16.9 Å². The maximum Gasteiger partial charge on any atom is 0.263 e. The van der Waals surface area contributed by atoms with Gasteiger partial charge < -0.3 is 0 Å². The van der Waals surface area contributed by atoms with Gasteiger partial charge in [0, 0.05) is 5.56 Å². The molecule has 3 aromatic carbocycles. The van der Waals surface area contributed by atoms with E-state index in [4.69, 9.17) is 0 Å². The third-order valence-electron chi connectivity index (χ3n) is 4.16. The van der Waals surface area contributed by atoms with Crippen molar-refractivity contribution in [3.05, 3.63) is 95.6 Å². The Morgan fingerprint density at radius 1 is 0.769 bits per heavy atom. The van der Waals surface area contributed by atoms with Gasteiger partial charge in [0.25, 0.3) is 5.91 Å². The number of carbonyl (C=O) groups is 1. The van der Waals surface area contributed by atoms with E-state index in [9.17, 15) is 4.79 Å². The number of anilines is 1. The average Bonchev–Trinajstić information content (AvgIpc) is 2.66. The number of hydrogen-bond acceptors (Lipinski definition) is 2. The summed E-state index contributed by atoms with van der Waals surface area (Å²) >= 11 is 0. The lowest BCUT2D eigenvalue weighted by atomic mass is 10.1. The summed E-state index contributed by atoms with van der Waals surface area (Å²) in [5.74, 6) is 0.536. The van der Waals surface area contributed by atoms with E-state index in [2.05, 4.69) is 4.99 Å². The number of amides is 1. The van der Waals surface area contributed by atoms with Crippen LogP contribution in [-0.4, -0.2) is 11.7 Å². The van der Waals surface area contributed by atoms with Crippen LogP contribution in [0.15, 0.2) is 83.9 Å². The van der Waals surface area contributed by atoms with Gasteiger partial charge in [-0.25, -0.2) is 4.99 Å². The first-order chi connectivity index (χ1) is 12.5. The van der Waals surface area contributed by atoms with Crippen LogP contribution in [0, 0.1) is 13.8 Å². The van der Waals surface area contributed by atoms with Crippen molar-refractivity contribution in [1.82, 2.24) is 0 Å².